The SMILES string of the molecule is CC(OC(=O)C(C(=O)O)(C(C)C)C(C)(C)C)C(C)(C)C. The molecule has 0 aromatic heterocycles. The fourth-order valence-electron chi connectivity index (χ4n) is 2.49. The van der Waals surface area contributed by atoms with Gasteiger partial charge in [0.2, 0.25) is 0 Å². The van der Waals surface area contributed by atoms with Crippen LogP contribution in [0.2, 0.25) is 0 Å². The van der Waals surface area contributed by atoms with Crippen LogP contribution in [0.5, 0.6) is 0 Å². The Bertz CT molecular complexity index is 371. The highest BCUT2D eigenvalue weighted by Gasteiger charge is 2.59. The number of carboxylic acids is 1. The van der Waals surface area contributed by atoms with Crippen LogP contribution in [0.25, 0.3) is 0 Å². The summed E-state index contributed by atoms with van der Waals surface area (Å²) in [5.41, 5.74) is -2.51. The average Bonchev–Trinajstić information content (AvgIpc) is 2.11. The summed E-state index contributed by atoms with van der Waals surface area (Å²) in [6.07, 6.45) is -0.352. The van der Waals surface area contributed by atoms with Crippen molar-refractivity contribution in [1.82, 2.24) is 0 Å². The maximum atomic E-state index is 12.6. The molecule has 0 aliphatic carbocycles. The molecule has 4 heteroatoms. The highest BCUT2D eigenvalue weighted by molar-refractivity contribution is 6.00. The van der Waals surface area contributed by atoms with E-state index in [0.717, 1.165) is 0 Å². The summed E-state index contributed by atoms with van der Waals surface area (Å²) >= 11 is 0. The molecule has 0 amide bonds. The second-order valence-electron chi connectivity index (χ2n) is 7.93. The minimum atomic E-state index is -1.55. The van der Waals surface area contributed by atoms with Gasteiger partial charge in [0.1, 0.15) is 6.10 Å². The zero-order valence-corrected chi connectivity index (χ0v) is 14.3. The molecule has 0 saturated carbocycles. The molecule has 0 aliphatic heterocycles. The average molecular weight is 286 g/mol. The number of rotatable bonds is 4. The van der Waals surface area contributed by atoms with Gasteiger partial charge in [-0.25, -0.2) is 0 Å². The van der Waals surface area contributed by atoms with Crippen LogP contribution in [0.1, 0.15) is 62.3 Å². The van der Waals surface area contributed by atoms with Crippen LogP contribution in [0.15, 0.2) is 0 Å². The Kier molecular flexibility index (Phi) is 5.44. The monoisotopic (exact) mass is 286 g/mol. The second-order valence-corrected chi connectivity index (χ2v) is 7.93. The first-order chi connectivity index (χ1) is 8.69. The van der Waals surface area contributed by atoms with Gasteiger partial charge in [0.05, 0.1) is 0 Å². The smallest absolute Gasteiger partial charge is 0.324 e. The van der Waals surface area contributed by atoms with Crippen LogP contribution in [0, 0.1) is 22.2 Å². The molecule has 0 aromatic rings. The van der Waals surface area contributed by atoms with Gasteiger partial charge in [0.25, 0.3) is 0 Å². The minimum absolute atomic E-state index is 0.227. The van der Waals surface area contributed by atoms with Crippen LogP contribution in [0.3, 0.4) is 0 Å². The van der Waals surface area contributed by atoms with Gasteiger partial charge in [-0.05, 0) is 23.7 Å². The topological polar surface area (TPSA) is 63.6 Å². The molecule has 20 heavy (non-hydrogen) atoms. The fraction of sp³-hybridized carbons (Fsp3) is 0.875. The Hall–Kier alpha value is -1.06. The number of carbonyl (C=O) groups is 2. The number of hydrogen-bond donors (Lipinski definition) is 1. The largest absolute Gasteiger partial charge is 0.480 e. The van der Waals surface area contributed by atoms with Crippen molar-refractivity contribution >= 4 is 11.9 Å². The first kappa shape index (κ1) is 18.9. The molecule has 0 rings (SSSR count). The summed E-state index contributed by atoms with van der Waals surface area (Å²) in [5.74, 6) is -2.12. The van der Waals surface area contributed by atoms with Gasteiger partial charge >= 0.3 is 11.9 Å². The first-order valence-corrected chi connectivity index (χ1v) is 7.13. The fourth-order valence-corrected chi connectivity index (χ4v) is 2.49. The van der Waals surface area contributed by atoms with E-state index in [1.807, 2.05) is 20.8 Å². The third-order valence-electron chi connectivity index (χ3n) is 4.21. The van der Waals surface area contributed by atoms with Crippen molar-refractivity contribution < 1.29 is 19.4 Å². The zero-order valence-electron chi connectivity index (χ0n) is 14.3. The molecular formula is C16H30O4. The van der Waals surface area contributed by atoms with Crippen molar-refractivity contribution in [1.29, 1.82) is 0 Å². The molecule has 0 fully saturated rings. The molecule has 0 bridgehead atoms. The molecule has 2 unspecified atom stereocenters. The molecule has 0 spiro atoms. The predicted molar refractivity (Wildman–Crippen MR) is 79.4 cm³/mol. The van der Waals surface area contributed by atoms with Gasteiger partial charge in [-0.15, -0.1) is 0 Å². The molecule has 2 atom stereocenters. The predicted octanol–water partition coefficient (Wildman–Crippen LogP) is 3.74. The molecule has 1 N–H and O–H groups in total. The lowest BCUT2D eigenvalue weighted by Gasteiger charge is -2.43. The third kappa shape index (κ3) is 3.33. The van der Waals surface area contributed by atoms with E-state index in [-0.39, 0.29) is 17.4 Å². The lowest BCUT2D eigenvalue weighted by atomic mass is 9.60. The molecule has 0 radical (unpaired) electrons. The van der Waals surface area contributed by atoms with Crippen LogP contribution in [0.4, 0.5) is 0 Å². The summed E-state index contributed by atoms with van der Waals surface area (Å²) in [5, 5.41) is 9.72. The Labute approximate surface area is 122 Å². The van der Waals surface area contributed by atoms with Gasteiger partial charge < -0.3 is 9.84 Å². The normalized spacial score (nSPS) is 17.5. The molecular weight excluding hydrogens is 256 g/mol. The molecule has 0 saturated heterocycles. The lowest BCUT2D eigenvalue weighted by Crippen LogP contribution is -2.55. The summed E-state index contributed by atoms with van der Waals surface area (Å²) in [6.45, 7) is 16.5. The van der Waals surface area contributed by atoms with E-state index in [9.17, 15) is 14.7 Å². The number of aliphatic carboxylic acids is 1. The van der Waals surface area contributed by atoms with E-state index in [0.29, 0.717) is 0 Å². The Morgan fingerprint density at radius 3 is 1.55 bits per heavy atom. The van der Waals surface area contributed by atoms with E-state index < -0.39 is 22.8 Å². The summed E-state index contributed by atoms with van der Waals surface area (Å²) in [7, 11) is 0. The van der Waals surface area contributed by atoms with E-state index in [4.69, 9.17) is 4.74 Å². The zero-order chi connectivity index (χ0) is 16.5. The van der Waals surface area contributed by atoms with Crippen LogP contribution < -0.4 is 0 Å². The van der Waals surface area contributed by atoms with Gasteiger partial charge in [-0.1, -0.05) is 55.4 Å². The number of esters is 1. The molecule has 118 valence electrons. The molecule has 0 aliphatic rings. The lowest BCUT2D eigenvalue weighted by molar-refractivity contribution is -0.189. The van der Waals surface area contributed by atoms with Crippen molar-refractivity contribution in [2.45, 2.75) is 68.4 Å². The summed E-state index contributed by atoms with van der Waals surface area (Å²) in [4.78, 5) is 24.5. The van der Waals surface area contributed by atoms with Crippen molar-refractivity contribution in [2.24, 2.45) is 22.2 Å². The third-order valence-corrected chi connectivity index (χ3v) is 4.21. The Morgan fingerprint density at radius 1 is 0.950 bits per heavy atom. The second kappa shape index (κ2) is 5.74. The van der Waals surface area contributed by atoms with E-state index >= 15 is 0 Å². The van der Waals surface area contributed by atoms with Crippen LogP contribution >= 0.6 is 0 Å². The number of carbonyl (C=O) groups excluding carboxylic acids is 1. The number of ether oxygens (including phenoxy) is 1. The van der Waals surface area contributed by atoms with Gasteiger partial charge in [-0.2, -0.15) is 0 Å². The molecule has 0 aromatic carbocycles. The summed E-state index contributed by atoms with van der Waals surface area (Å²) in [6, 6.07) is 0. The van der Waals surface area contributed by atoms with E-state index in [1.165, 1.54) is 0 Å². The van der Waals surface area contributed by atoms with Crippen molar-refractivity contribution in [3.63, 3.8) is 0 Å². The first-order valence-electron chi connectivity index (χ1n) is 7.13. The summed E-state index contributed by atoms with van der Waals surface area (Å²) < 4.78 is 5.51. The van der Waals surface area contributed by atoms with Gasteiger partial charge in [-0.3, -0.25) is 9.59 Å². The standard InChI is InChI=1S/C16H30O4/c1-10(2)16(12(17)18,15(7,8)9)13(19)20-11(3)14(4,5)6/h10-11H,1-9H3,(H,17,18). The maximum absolute atomic E-state index is 12.6. The van der Waals surface area contributed by atoms with Crippen LogP contribution in [-0.2, 0) is 14.3 Å². The molecule has 0 heterocycles. The van der Waals surface area contributed by atoms with Gasteiger partial charge in [0.15, 0.2) is 5.41 Å². The van der Waals surface area contributed by atoms with Crippen molar-refractivity contribution in [3.05, 3.63) is 0 Å². The molecule has 4 nitrogen and oxygen atoms in total. The number of carboxylic acid groups (broad SMARTS) is 1. The number of hydrogen-bond acceptors (Lipinski definition) is 3. The Balaban J connectivity index is 5.69. The quantitative estimate of drug-likeness (QED) is 0.631. The van der Waals surface area contributed by atoms with Crippen LogP contribution in [-0.4, -0.2) is 23.1 Å². The van der Waals surface area contributed by atoms with Gasteiger partial charge in [0, 0.05) is 0 Å². The highest BCUT2D eigenvalue weighted by atomic mass is 16.5. The maximum Gasteiger partial charge on any atom is 0.324 e. The van der Waals surface area contributed by atoms with E-state index in [2.05, 4.69) is 0 Å². The van der Waals surface area contributed by atoms with Crippen molar-refractivity contribution in [3.8, 4) is 0 Å². The Morgan fingerprint density at radius 2 is 1.35 bits per heavy atom. The van der Waals surface area contributed by atoms with E-state index in [1.54, 1.807) is 41.5 Å². The minimum Gasteiger partial charge on any atom is -0.480 e. The van der Waals surface area contributed by atoms with Crippen molar-refractivity contribution in [2.75, 3.05) is 0 Å². The highest BCUT2D eigenvalue weighted by Crippen LogP contribution is 2.46.